The van der Waals surface area contributed by atoms with E-state index >= 15 is 0 Å². The zero-order chi connectivity index (χ0) is 13.1. The predicted octanol–water partition coefficient (Wildman–Crippen LogP) is 2.45. The van der Waals surface area contributed by atoms with Crippen molar-refractivity contribution in [1.82, 2.24) is 5.43 Å². The number of hydrogen-bond donors (Lipinski definition) is 2. The molecule has 18 heavy (non-hydrogen) atoms. The van der Waals surface area contributed by atoms with Gasteiger partial charge in [-0.3, -0.25) is 11.3 Å². The first-order valence-corrected chi connectivity index (χ1v) is 6.51. The largest absolute Gasteiger partial charge is 0.378 e. The first-order valence-electron chi connectivity index (χ1n) is 6.51. The Labute approximate surface area is 107 Å². The highest BCUT2D eigenvalue weighted by molar-refractivity contribution is 5.30. The van der Waals surface area contributed by atoms with Crippen molar-refractivity contribution < 1.29 is 9.13 Å². The highest BCUT2D eigenvalue weighted by Crippen LogP contribution is 2.35. The summed E-state index contributed by atoms with van der Waals surface area (Å²) in [5, 5.41) is 0. The Bertz CT molecular complexity index is 411. The number of ether oxygens (including phenoxy) is 1. The van der Waals surface area contributed by atoms with Gasteiger partial charge in [0, 0.05) is 12.5 Å². The monoisotopic (exact) mass is 252 g/mol. The van der Waals surface area contributed by atoms with Gasteiger partial charge in [-0.2, -0.15) is 0 Å². The van der Waals surface area contributed by atoms with Gasteiger partial charge in [0.15, 0.2) is 0 Å². The second-order valence-electron chi connectivity index (χ2n) is 4.92. The maximum Gasteiger partial charge on any atom is 0.123 e. The van der Waals surface area contributed by atoms with Gasteiger partial charge in [0.1, 0.15) is 5.82 Å². The summed E-state index contributed by atoms with van der Waals surface area (Å²) in [7, 11) is 0. The Kier molecular flexibility index (Phi) is 4.32. The van der Waals surface area contributed by atoms with E-state index in [2.05, 4.69) is 12.3 Å². The van der Waals surface area contributed by atoms with E-state index in [0.29, 0.717) is 5.92 Å². The van der Waals surface area contributed by atoms with Crippen molar-refractivity contribution in [3.05, 3.63) is 35.1 Å². The Balaban J connectivity index is 2.30. The van der Waals surface area contributed by atoms with Crippen LogP contribution in [-0.4, -0.2) is 12.7 Å². The summed E-state index contributed by atoms with van der Waals surface area (Å²) in [5.74, 6) is 5.78. The Hall–Kier alpha value is -0.970. The molecule has 0 spiro atoms. The van der Waals surface area contributed by atoms with E-state index < -0.39 is 0 Å². The number of nitrogens with two attached hydrogens (primary N) is 1. The molecule has 0 bridgehead atoms. The second-order valence-corrected chi connectivity index (χ2v) is 4.92. The van der Waals surface area contributed by atoms with Crippen molar-refractivity contribution in [2.45, 2.75) is 38.8 Å². The molecule has 1 fully saturated rings. The third-order valence-corrected chi connectivity index (χ3v) is 3.85. The molecule has 0 aliphatic carbocycles. The molecule has 1 aliphatic rings. The molecule has 4 heteroatoms. The number of nitrogens with one attached hydrogen (secondary N) is 1. The fourth-order valence-electron chi connectivity index (χ4n) is 2.86. The molecule has 1 aromatic rings. The van der Waals surface area contributed by atoms with E-state index in [0.717, 1.165) is 30.6 Å². The van der Waals surface area contributed by atoms with E-state index in [1.54, 1.807) is 12.1 Å². The maximum atomic E-state index is 13.4. The SMILES string of the molecule is CCC1OCCC1C(NN)c1cc(F)ccc1C. The molecule has 2 rings (SSSR count). The van der Waals surface area contributed by atoms with E-state index in [1.807, 2.05) is 6.92 Å². The highest BCUT2D eigenvalue weighted by atomic mass is 19.1. The molecule has 3 unspecified atom stereocenters. The zero-order valence-electron chi connectivity index (χ0n) is 10.9. The molecule has 0 saturated carbocycles. The number of halogens is 1. The lowest BCUT2D eigenvalue weighted by Crippen LogP contribution is -2.37. The average molecular weight is 252 g/mol. The van der Waals surface area contributed by atoms with Gasteiger partial charge in [-0.1, -0.05) is 13.0 Å². The van der Waals surface area contributed by atoms with Crippen molar-refractivity contribution in [1.29, 1.82) is 0 Å². The maximum absolute atomic E-state index is 13.4. The summed E-state index contributed by atoms with van der Waals surface area (Å²) >= 11 is 0. The summed E-state index contributed by atoms with van der Waals surface area (Å²) in [5.41, 5.74) is 4.84. The van der Waals surface area contributed by atoms with Gasteiger partial charge in [-0.15, -0.1) is 0 Å². The Morgan fingerprint density at radius 3 is 3.00 bits per heavy atom. The minimum absolute atomic E-state index is 0.0480. The van der Waals surface area contributed by atoms with Crippen molar-refractivity contribution in [2.75, 3.05) is 6.61 Å². The summed E-state index contributed by atoms with van der Waals surface area (Å²) in [4.78, 5) is 0. The van der Waals surface area contributed by atoms with Crippen LogP contribution in [0.4, 0.5) is 4.39 Å². The van der Waals surface area contributed by atoms with Gasteiger partial charge in [0.2, 0.25) is 0 Å². The number of rotatable bonds is 4. The molecule has 1 aromatic carbocycles. The summed E-state index contributed by atoms with van der Waals surface area (Å²) in [6.07, 6.45) is 2.12. The minimum atomic E-state index is -0.220. The van der Waals surface area contributed by atoms with Gasteiger partial charge in [0.25, 0.3) is 0 Å². The van der Waals surface area contributed by atoms with Crippen LogP contribution in [0.15, 0.2) is 18.2 Å². The summed E-state index contributed by atoms with van der Waals surface area (Å²) in [6.45, 7) is 4.85. The second kappa shape index (κ2) is 5.78. The van der Waals surface area contributed by atoms with Crippen molar-refractivity contribution in [3.63, 3.8) is 0 Å². The molecule has 0 aromatic heterocycles. The topological polar surface area (TPSA) is 47.3 Å². The molecule has 0 amide bonds. The lowest BCUT2D eigenvalue weighted by molar-refractivity contribution is 0.0773. The van der Waals surface area contributed by atoms with Crippen LogP contribution in [0, 0.1) is 18.7 Å². The van der Waals surface area contributed by atoms with Crippen LogP contribution in [0.1, 0.15) is 36.9 Å². The average Bonchev–Trinajstić information content (AvgIpc) is 2.83. The van der Waals surface area contributed by atoms with Crippen LogP contribution in [-0.2, 0) is 4.74 Å². The van der Waals surface area contributed by atoms with Crippen LogP contribution in [0.2, 0.25) is 0 Å². The fourth-order valence-corrected chi connectivity index (χ4v) is 2.86. The Morgan fingerprint density at radius 2 is 2.33 bits per heavy atom. The number of hydrogen-bond acceptors (Lipinski definition) is 3. The molecule has 3 nitrogen and oxygen atoms in total. The smallest absolute Gasteiger partial charge is 0.123 e. The van der Waals surface area contributed by atoms with E-state index in [9.17, 15) is 4.39 Å². The molecule has 1 saturated heterocycles. The Morgan fingerprint density at radius 1 is 1.56 bits per heavy atom. The quantitative estimate of drug-likeness (QED) is 0.639. The first kappa shape index (κ1) is 13.5. The number of aryl methyl sites for hydroxylation is 1. The minimum Gasteiger partial charge on any atom is -0.378 e. The van der Waals surface area contributed by atoms with E-state index in [4.69, 9.17) is 10.6 Å². The first-order chi connectivity index (χ1) is 8.67. The number of benzene rings is 1. The summed E-state index contributed by atoms with van der Waals surface area (Å²) in [6, 6.07) is 4.80. The number of hydrazine groups is 1. The van der Waals surface area contributed by atoms with Crippen molar-refractivity contribution in [2.24, 2.45) is 11.8 Å². The van der Waals surface area contributed by atoms with Crippen LogP contribution in [0.3, 0.4) is 0 Å². The molecule has 0 radical (unpaired) electrons. The third kappa shape index (κ3) is 2.55. The van der Waals surface area contributed by atoms with E-state index in [1.165, 1.54) is 6.07 Å². The third-order valence-electron chi connectivity index (χ3n) is 3.85. The van der Waals surface area contributed by atoms with Crippen LogP contribution < -0.4 is 11.3 Å². The lowest BCUT2D eigenvalue weighted by Gasteiger charge is -2.28. The molecule has 100 valence electrons. The predicted molar refractivity (Wildman–Crippen MR) is 69.3 cm³/mol. The van der Waals surface area contributed by atoms with Crippen LogP contribution in [0.25, 0.3) is 0 Å². The lowest BCUT2D eigenvalue weighted by atomic mass is 9.85. The molecular formula is C14H21FN2O. The van der Waals surface area contributed by atoms with Gasteiger partial charge in [-0.05, 0) is 43.0 Å². The normalized spacial score (nSPS) is 25.3. The van der Waals surface area contributed by atoms with Gasteiger partial charge in [0.05, 0.1) is 12.1 Å². The molecular weight excluding hydrogens is 231 g/mol. The standard InChI is InChI=1S/C14H21FN2O/c1-3-13-11(6-7-18-13)14(17-16)12-8-10(15)5-4-9(12)2/h4-5,8,11,13-14,17H,3,6-7,16H2,1-2H3. The van der Waals surface area contributed by atoms with Crippen molar-refractivity contribution in [3.8, 4) is 0 Å². The van der Waals surface area contributed by atoms with Crippen LogP contribution in [0.5, 0.6) is 0 Å². The van der Waals surface area contributed by atoms with Gasteiger partial charge >= 0.3 is 0 Å². The summed E-state index contributed by atoms with van der Waals surface area (Å²) < 4.78 is 19.1. The fraction of sp³-hybridized carbons (Fsp3) is 0.571. The van der Waals surface area contributed by atoms with Gasteiger partial charge < -0.3 is 4.74 Å². The van der Waals surface area contributed by atoms with Gasteiger partial charge in [-0.25, -0.2) is 4.39 Å². The molecule has 1 heterocycles. The molecule has 3 N–H and O–H groups in total. The highest BCUT2D eigenvalue weighted by Gasteiger charge is 2.34. The van der Waals surface area contributed by atoms with Crippen LogP contribution >= 0.6 is 0 Å². The van der Waals surface area contributed by atoms with Crippen molar-refractivity contribution >= 4 is 0 Å². The van der Waals surface area contributed by atoms with E-state index in [-0.39, 0.29) is 18.0 Å². The zero-order valence-corrected chi connectivity index (χ0v) is 10.9. The molecule has 1 aliphatic heterocycles. The molecule has 3 atom stereocenters.